The van der Waals surface area contributed by atoms with E-state index in [1.54, 1.807) is 0 Å². The summed E-state index contributed by atoms with van der Waals surface area (Å²) in [5, 5.41) is 11.2. The van der Waals surface area contributed by atoms with E-state index in [-0.39, 0.29) is 24.4 Å². The maximum Gasteiger partial charge on any atom is 0.231 e. The standard InChI is InChI=1S/C19H28N2O3/c1-2-24-16-9-4-3-7-14(16)18-15-8-5-6-10-19(15,23)11-12-21(18)13-17(20)22/h3-4,7,9,15,18,23H,2,5-6,8,10-13H2,1H3,(H2,20,22)/t15-,18-,19-/m0/s1. The molecule has 1 aromatic carbocycles. The number of benzene rings is 1. The summed E-state index contributed by atoms with van der Waals surface area (Å²) >= 11 is 0. The molecule has 0 unspecified atom stereocenters. The second-order valence-corrected chi connectivity index (χ2v) is 7.06. The lowest BCUT2D eigenvalue weighted by atomic mass is 9.66. The van der Waals surface area contributed by atoms with Crippen molar-refractivity contribution in [3.63, 3.8) is 0 Å². The predicted molar refractivity (Wildman–Crippen MR) is 92.6 cm³/mol. The van der Waals surface area contributed by atoms with Gasteiger partial charge in [-0.1, -0.05) is 31.0 Å². The van der Waals surface area contributed by atoms with E-state index in [1.165, 1.54) is 0 Å². The molecule has 5 heteroatoms. The molecule has 2 fully saturated rings. The SMILES string of the molecule is CCOc1ccccc1[C@H]1[C@@H]2CCCC[C@]2(O)CCN1CC(N)=O. The van der Waals surface area contributed by atoms with Gasteiger partial charge in [0.1, 0.15) is 5.75 Å². The van der Waals surface area contributed by atoms with Crippen molar-refractivity contribution >= 4 is 5.91 Å². The number of amides is 1. The van der Waals surface area contributed by atoms with E-state index in [0.29, 0.717) is 19.6 Å². The first-order valence-electron chi connectivity index (χ1n) is 9.01. The van der Waals surface area contributed by atoms with Gasteiger partial charge in [-0.3, -0.25) is 9.69 Å². The first-order chi connectivity index (χ1) is 11.5. The topological polar surface area (TPSA) is 75.8 Å². The summed E-state index contributed by atoms with van der Waals surface area (Å²) in [5.74, 6) is 0.630. The molecule has 3 N–H and O–H groups in total. The molecule has 24 heavy (non-hydrogen) atoms. The van der Waals surface area contributed by atoms with Crippen LogP contribution in [0.25, 0.3) is 0 Å². The normalized spacial score (nSPS) is 30.6. The van der Waals surface area contributed by atoms with Crippen LogP contribution in [0.3, 0.4) is 0 Å². The molecule has 1 amide bonds. The molecule has 1 heterocycles. The highest BCUT2D eigenvalue weighted by molar-refractivity contribution is 5.76. The Bertz CT molecular complexity index is 592. The Kier molecular flexibility index (Phi) is 5.11. The first-order valence-corrected chi connectivity index (χ1v) is 9.01. The molecule has 3 atom stereocenters. The molecule has 1 aromatic rings. The lowest BCUT2D eigenvalue weighted by Crippen LogP contribution is -2.56. The molecule has 5 nitrogen and oxygen atoms in total. The molecule has 132 valence electrons. The third kappa shape index (κ3) is 3.28. The Hall–Kier alpha value is -1.59. The second-order valence-electron chi connectivity index (χ2n) is 7.06. The van der Waals surface area contributed by atoms with E-state index >= 15 is 0 Å². The minimum Gasteiger partial charge on any atom is -0.494 e. The summed E-state index contributed by atoms with van der Waals surface area (Å²) in [6.07, 6.45) is 4.71. The summed E-state index contributed by atoms with van der Waals surface area (Å²) in [4.78, 5) is 13.7. The van der Waals surface area contributed by atoms with Gasteiger partial charge < -0.3 is 15.6 Å². The number of nitrogens with two attached hydrogens (primary N) is 1. The number of likely N-dealkylation sites (tertiary alicyclic amines) is 1. The van der Waals surface area contributed by atoms with Gasteiger partial charge >= 0.3 is 0 Å². The van der Waals surface area contributed by atoms with Crippen molar-refractivity contribution < 1.29 is 14.6 Å². The second kappa shape index (κ2) is 7.11. The van der Waals surface area contributed by atoms with Crippen LogP contribution < -0.4 is 10.5 Å². The lowest BCUT2D eigenvalue weighted by Gasteiger charge is -2.52. The fourth-order valence-corrected chi connectivity index (χ4v) is 4.55. The largest absolute Gasteiger partial charge is 0.494 e. The predicted octanol–water partition coefficient (Wildman–Crippen LogP) is 2.24. The number of rotatable bonds is 5. The molecular formula is C19H28N2O3. The average molecular weight is 332 g/mol. The van der Waals surface area contributed by atoms with Crippen LogP contribution >= 0.6 is 0 Å². The van der Waals surface area contributed by atoms with Crippen LogP contribution in [-0.2, 0) is 4.79 Å². The van der Waals surface area contributed by atoms with Crippen molar-refractivity contribution in [1.29, 1.82) is 0 Å². The van der Waals surface area contributed by atoms with Crippen LogP contribution in [0.5, 0.6) is 5.75 Å². The van der Waals surface area contributed by atoms with E-state index in [4.69, 9.17) is 10.5 Å². The zero-order valence-electron chi connectivity index (χ0n) is 14.4. The van der Waals surface area contributed by atoms with Crippen LogP contribution in [0.15, 0.2) is 24.3 Å². The average Bonchev–Trinajstić information content (AvgIpc) is 2.55. The van der Waals surface area contributed by atoms with Gasteiger partial charge in [0.15, 0.2) is 0 Å². The quantitative estimate of drug-likeness (QED) is 0.867. The van der Waals surface area contributed by atoms with Gasteiger partial charge in [0.25, 0.3) is 0 Å². The summed E-state index contributed by atoms with van der Waals surface area (Å²) in [6, 6.07) is 7.96. The minimum atomic E-state index is -0.642. The van der Waals surface area contributed by atoms with E-state index in [9.17, 15) is 9.90 Å². The Morgan fingerprint density at radius 2 is 2.17 bits per heavy atom. The first kappa shape index (κ1) is 17.2. The van der Waals surface area contributed by atoms with Crippen molar-refractivity contribution in [1.82, 2.24) is 4.90 Å². The van der Waals surface area contributed by atoms with Gasteiger partial charge in [0.05, 0.1) is 18.8 Å². The molecule has 3 rings (SSSR count). The van der Waals surface area contributed by atoms with E-state index < -0.39 is 5.60 Å². The lowest BCUT2D eigenvalue weighted by molar-refractivity contribution is -0.136. The number of carbonyl (C=O) groups excluding carboxylic acids is 1. The summed E-state index contributed by atoms with van der Waals surface area (Å²) in [7, 11) is 0. The Morgan fingerprint density at radius 3 is 2.92 bits per heavy atom. The van der Waals surface area contributed by atoms with Crippen molar-refractivity contribution in [3.8, 4) is 5.75 Å². The van der Waals surface area contributed by atoms with Crippen molar-refractivity contribution in [3.05, 3.63) is 29.8 Å². The summed E-state index contributed by atoms with van der Waals surface area (Å²) < 4.78 is 5.83. The monoisotopic (exact) mass is 332 g/mol. The number of carbonyl (C=O) groups is 1. The van der Waals surface area contributed by atoms with Gasteiger partial charge in [-0.25, -0.2) is 0 Å². The highest BCUT2D eigenvalue weighted by atomic mass is 16.5. The number of hydrogen-bond donors (Lipinski definition) is 2. The van der Waals surface area contributed by atoms with E-state index in [0.717, 1.165) is 37.0 Å². The maximum atomic E-state index is 11.6. The van der Waals surface area contributed by atoms with Crippen LogP contribution in [0, 0.1) is 5.92 Å². The van der Waals surface area contributed by atoms with Crippen molar-refractivity contribution in [2.24, 2.45) is 11.7 Å². The zero-order valence-corrected chi connectivity index (χ0v) is 14.4. The van der Waals surface area contributed by atoms with Crippen LogP contribution in [0.1, 0.15) is 50.6 Å². The Morgan fingerprint density at radius 1 is 1.38 bits per heavy atom. The fourth-order valence-electron chi connectivity index (χ4n) is 4.55. The minimum absolute atomic E-state index is 0.0284. The maximum absolute atomic E-state index is 11.6. The molecular weight excluding hydrogens is 304 g/mol. The number of nitrogens with zero attached hydrogens (tertiary/aromatic N) is 1. The number of hydrogen-bond acceptors (Lipinski definition) is 4. The highest BCUT2D eigenvalue weighted by Gasteiger charge is 2.49. The molecule has 0 bridgehead atoms. The smallest absolute Gasteiger partial charge is 0.231 e. The van der Waals surface area contributed by atoms with Gasteiger partial charge in [0.2, 0.25) is 5.91 Å². The third-order valence-corrected chi connectivity index (χ3v) is 5.57. The van der Waals surface area contributed by atoms with Gasteiger partial charge in [0, 0.05) is 24.1 Å². The third-order valence-electron chi connectivity index (χ3n) is 5.57. The fraction of sp³-hybridized carbons (Fsp3) is 0.632. The molecule has 1 aliphatic carbocycles. The summed E-state index contributed by atoms with van der Waals surface area (Å²) in [6.45, 7) is 3.46. The van der Waals surface area contributed by atoms with Gasteiger partial charge in [-0.05, 0) is 32.3 Å². The number of ether oxygens (including phenoxy) is 1. The van der Waals surface area contributed by atoms with E-state index in [2.05, 4.69) is 11.0 Å². The number of aliphatic hydroxyl groups is 1. The molecule has 0 aromatic heterocycles. The highest BCUT2D eigenvalue weighted by Crippen LogP contribution is 2.50. The molecule has 2 aliphatic rings. The van der Waals surface area contributed by atoms with Crippen molar-refractivity contribution in [2.75, 3.05) is 19.7 Å². The molecule has 0 radical (unpaired) electrons. The van der Waals surface area contributed by atoms with Crippen LogP contribution in [-0.4, -0.2) is 41.2 Å². The Balaban J connectivity index is 2.01. The molecule has 1 saturated heterocycles. The number of fused-ring (bicyclic) bond motifs is 1. The van der Waals surface area contributed by atoms with Crippen molar-refractivity contribution in [2.45, 2.75) is 50.7 Å². The number of primary amides is 1. The Labute approximate surface area is 143 Å². The zero-order chi connectivity index (χ0) is 17.2. The van der Waals surface area contributed by atoms with Gasteiger partial charge in [-0.15, -0.1) is 0 Å². The number of piperidine rings is 1. The molecule has 1 saturated carbocycles. The van der Waals surface area contributed by atoms with E-state index in [1.807, 2.05) is 25.1 Å². The molecule has 0 spiro atoms. The van der Waals surface area contributed by atoms with Crippen LogP contribution in [0.4, 0.5) is 0 Å². The van der Waals surface area contributed by atoms with Crippen LogP contribution in [0.2, 0.25) is 0 Å². The van der Waals surface area contributed by atoms with Gasteiger partial charge in [-0.2, -0.15) is 0 Å². The molecule has 1 aliphatic heterocycles. The summed E-state index contributed by atoms with van der Waals surface area (Å²) in [5.41, 5.74) is 5.91. The number of para-hydroxylation sites is 1.